The van der Waals surface area contributed by atoms with Crippen LogP contribution in [0.15, 0.2) is 28.0 Å². The van der Waals surface area contributed by atoms with Crippen LogP contribution in [0.4, 0.5) is 0 Å². The molecule has 0 aliphatic carbocycles. The van der Waals surface area contributed by atoms with Crippen LogP contribution < -0.4 is 16.6 Å². The first kappa shape index (κ1) is 21.3. The third-order valence-corrected chi connectivity index (χ3v) is 5.41. The van der Waals surface area contributed by atoms with Crippen molar-refractivity contribution in [2.75, 3.05) is 13.2 Å². The molecule has 0 saturated carbocycles. The molecule has 0 bridgehead atoms. The van der Waals surface area contributed by atoms with Crippen molar-refractivity contribution in [2.24, 2.45) is 0 Å². The van der Waals surface area contributed by atoms with E-state index in [0.29, 0.717) is 17.1 Å². The Hall–Kier alpha value is -2.89. The highest BCUT2D eigenvalue weighted by molar-refractivity contribution is 5.94. The number of H-pyrrole nitrogens is 1. The van der Waals surface area contributed by atoms with Crippen LogP contribution in [0.1, 0.15) is 41.8 Å². The van der Waals surface area contributed by atoms with Gasteiger partial charge in [0, 0.05) is 25.0 Å². The number of aromatic nitrogens is 4. The van der Waals surface area contributed by atoms with Crippen molar-refractivity contribution in [3.63, 3.8) is 0 Å². The van der Waals surface area contributed by atoms with Gasteiger partial charge in [-0.25, -0.2) is 14.8 Å². The van der Waals surface area contributed by atoms with Gasteiger partial charge in [-0.2, -0.15) is 0 Å². The summed E-state index contributed by atoms with van der Waals surface area (Å²) in [4.78, 5) is 46.8. The third kappa shape index (κ3) is 4.29. The Labute approximate surface area is 177 Å². The molecule has 11 nitrogen and oxygen atoms in total. The molecule has 0 unspecified atom stereocenters. The van der Waals surface area contributed by atoms with E-state index < -0.39 is 41.4 Å². The van der Waals surface area contributed by atoms with Gasteiger partial charge in [0.2, 0.25) is 0 Å². The fourth-order valence-corrected chi connectivity index (χ4v) is 4.01. The quantitative estimate of drug-likeness (QED) is 0.681. The molecule has 2 aromatic heterocycles. The summed E-state index contributed by atoms with van der Waals surface area (Å²) >= 11 is 0. The molecule has 2 aromatic rings. The SMILES string of the molecule is Cc1ncc(C(=O)NC[C@H]2OC[C@@H](n3ccc(=O)[nH]c3=O)[C@@H]3OC(C)(C)O[C@@H]32)c(C)n1. The highest BCUT2D eigenvalue weighted by atomic mass is 16.8. The van der Waals surface area contributed by atoms with Gasteiger partial charge < -0.3 is 19.5 Å². The topological polar surface area (TPSA) is 137 Å². The number of ether oxygens (including phenoxy) is 3. The van der Waals surface area contributed by atoms with Gasteiger partial charge in [0.25, 0.3) is 11.5 Å². The largest absolute Gasteiger partial charge is 0.371 e. The number of aryl methyl sites for hydroxylation is 2. The summed E-state index contributed by atoms with van der Waals surface area (Å²) in [5.74, 6) is -0.610. The second kappa shape index (κ2) is 7.98. The molecule has 4 heterocycles. The zero-order chi connectivity index (χ0) is 22.3. The molecule has 0 aromatic carbocycles. The molecule has 1 amide bonds. The second-order valence-corrected chi connectivity index (χ2v) is 8.15. The number of carbonyl (C=O) groups excluding carboxylic acids is 1. The van der Waals surface area contributed by atoms with E-state index in [2.05, 4.69) is 20.3 Å². The van der Waals surface area contributed by atoms with Crippen LogP contribution in [0.25, 0.3) is 0 Å². The summed E-state index contributed by atoms with van der Waals surface area (Å²) in [5.41, 5.74) is -0.0461. The van der Waals surface area contributed by atoms with Crippen molar-refractivity contribution >= 4 is 5.91 Å². The monoisotopic (exact) mass is 431 g/mol. The highest BCUT2D eigenvalue weighted by Crippen LogP contribution is 2.39. The molecule has 4 rings (SSSR count). The minimum atomic E-state index is -0.892. The highest BCUT2D eigenvalue weighted by Gasteiger charge is 2.52. The Morgan fingerprint density at radius 1 is 1.29 bits per heavy atom. The smallest absolute Gasteiger partial charge is 0.328 e. The fourth-order valence-electron chi connectivity index (χ4n) is 4.01. The number of carbonyl (C=O) groups is 1. The molecule has 11 heteroatoms. The van der Waals surface area contributed by atoms with E-state index in [1.165, 1.54) is 23.0 Å². The van der Waals surface area contributed by atoms with Crippen LogP contribution in [0.5, 0.6) is 0 Å². The number of amides is 1. The van der Waals surface area contributed by atoms with Gasteiger partial charge in [-0.1, -0.05) is 0 Å². The van der Waals surface area contributed by atoms with Crippen molar-refractivity contribution in [1.82, 2.24) is 24.8 Å². The van der Waals surface area contributed by atoms with E-state index in [1.54, 1.807) is 27.7 Å². The number of nitrogens with zero attached hydrogens (tertiary/aromatic N) is 3. The van der Waals surface area contributed by atoms with Crippen LogP contribution >= 0.6 is 0 Å². The Bertz CT molecular complexity index is 1110. The molecule has 2 aliphatic rings. The standard InChI is InChI=1S/C20H25N5O6/c1-10-12(7-21-11(2)23-10)18(27)22-8-14-17-16(30-20(3,4)31-17)13(9-29-14)25-6-5-15(26)24-19(25)28/h5-7,13-14,16-17H,8-9H2,1-4H3,(H,22,27)(H,24,26,28)/t13-,14-,16+,17-/m1/s1. The number of nitrogens with one attached hydrogen (secondary N) is 2. The molecule has 31 heavy (non-hydrogen) atoms. The van der Waals surface area contributed by atoms with Gasteiger partial charge in [0.15, 0.2) is 5.79 Å². The van der Waals surface area contributed by atoms with E-state index >= 15 is 0 Å². The zero-order valence-electron chi connectivity index (χ0n) is 17.7. The minimum absolute atomic E-state index is 0.153. The van der Waals surface area contributed by atoms with Crippen LogP contribution in [-0.4, -0.2) is 62.7 Å². The van der Waals surface area contributed by atoms with Gasteiger partial charge in [-0.05, 0) is 27.7 Å². The average Bonchev–Trinajstić information content (AvgIpc) is 3.01. The zero-order valence-corrected chi connectivity index (χ0v) is 17.7. The maximum absolute atomic E-state index is 12.6. The maximum Gasteiger partial charge on any atom is 0.328 e. The van der Waals surface area contributed by atoms with Gasteiger partial charge in [-0.3, -0.25) is 19.1 Å². The molecule has 2 fully saturated rings. The summed E-state index contributed by atoms with van der Waals surface area (Å²) in [6.07, 6.45) is 1.40. The fraction of sp³-hybridized carbons (Fsp3) is 0.550. The predicted octanol–water partition coefficient (Wildman–Crippen LogP) is -0.167. The molecule has 2 saturated heterocycles. The lowest BCUT2D eigenvalue weighted by Crippen LogP contribution is -2.54. The number of fused-ring (bicyclic) bond motifs is 1. The molecule has 0 radical (unpaired) electrons. The Morgan fingerprint density at radius 2 is 2.03 bits per heavy atom. The maximum atomic E-state index is 12.6. The van der Waals surface area contributed by atoms with E-state index in [9.17, 15) is 14.4 Å². The van der Waals surface area contributed by atoms with Crippen LogP contribution in [-0.2, 0) is 14.2 Å². The van der Waals surface area contributed by atoms with Crippen molar-refractivity contribution in [2.45, 2.75) is 57.8 Å². The average molecular weight is 431 g/mol. The Kier molecular flexibility index (Phi) is 5.50. The van der Waals surface area contributed by atoms with E-state index in [-0.39, 0.29) is 19.1 Å². The summed E-state index contributed by atoms with van der Waals surface area (Å²) in [6, 6.07) is 0.783. The van der Waals surface area contributed by atoms with Crippen LogP contribution in [0.3, 0.4) is 0 Å². The lowest BCUT2D eigenvalue weighted by atomic mass is 9.97. The van der Waals surface area contributed by atoms with Gasteiger partial charge in [-0.15, -0.1) is 0 Å². The Balaban J connectivity index is 1.51. The second-order valence-electron chi connectivity index (χ2n) is 8.15. The van der Waals surface area contributed by atoms with Crippen molar-refractivity contribution in [3.8, 4) is 0 Å². The number of aromatic amines is 1. The minimum Gasteiger partial charge on any atom is -0.371 e. The van der Waals surface area contributed by atoms with Gasteiger partial charge in [0.05, 0.1) is 23.9 Å². The van der Waals surface area contributed by atoms with Crippen LogP contribution in [0, 0.1) is 13.8 Å². The summed E-state index contributed by atoms with van der Waals surface area (Å²) < 4.78 is 19.5. The molecular formula is C20H25N5O6. The predicted molar refractivity (Wildman–Crippen MR) is 108 cm³/mol. The number of hydrogen-bond acceptors (Lipinski definition) is 8. The molecule has 2 N–H and O–H groups in total. The van der Waals surface area contributed by atoms with Gasteiger partial charge >= 0.3 is 5.69 Å². The van der Waals surface area contributed by atoms with Crippen molar-refractivity contribution in [3.05, 3.63) is 56.4 Å². The van der Waals surface area contributed by atoms with Crippen molar-refractivity contribution in [1.29, 1.82) is 0 Å². The third-order valence-electron chi connectivity index (χ3n) is 5.41. The van der Waals surface area contributed by atoms with Crippen molar-refractivity contribution < 1.29 is 19.0 Å². The lowest BCUT2D eigenvalue weighted by Gasteiger charge is -2.37. The van der Waals surface area contributed by atoms with Crippen LogP contribution in [0.2, 0.25) is 0 Å². The summed E-state index contributed by atoms with van der Waals surface area (Å²) in [5, 5.41) is 2.85. The normalized spacial score (nSPS) is 27.0. The first-order valence-electron chi connectivity index (χ1n) is 10.0. The Morgan fingerprint density at radius 3 is 2.74 bits per heavy atom. The van der Waals surface area contributed by atoms with E-state index in [0.717, 1.165) is 0 Å². The number of hydrogen-bond donors (Lipinski definition) is 2. The summed E-state index contributed by atoms with van der Waals surface area (Å²) in [6.45, 7) is 7.40. The molecule has 166 valence electrons. The molecular weight excluding hydrogens is 406 g/mol. The first-order chi connectivity index (χ1) is 14.6. The van der Waals surface area contributed by atoms with Gasteiger partial charge in [0.1, 0.15) is 24.1 Å². The number of rotatable bonds is 4. The molecule has 0 spiro atoms. The molecule has 4 atom stereocenters. The molecule has 2 aliphatic heterocycles. The summed E-state index contributed by atoms with van der Waals surface area (Å²) in [7, 11) is 0. The lowest BCUT2D eigenvalue weighted by molar-refractivity contribution is -0.153. The van der Waals surface area contributed by atoms with E-state index in [1.807, 2.05) is 0 Å². The first-order valence-corrected chi connectivity index (χ1v) is 10.0. The van der Waals surface area contributed by atoms with E-state index in [4.69, 9.17) is 14.2 Å².